The third-order valence-corrected chi connectivity index (χ3v) is 4.09. The van der Waals surface area contributed by atoms with Crippen LogP contribution in [0.1, 0.15) is 26.2 Å². The quantitative estimate of drug-likeness (QED) is 0.676. The Labute approximate surface area is 111 Å². The lowest BCUT2D eigenvalue weighted by Crippen LogP contribution is -2.32. The Hall–Kier alpha value is -0.450. The van der Waals surface area contributed by atoms with Gasteiger partial charge in [0, 0.05) is 16.7 Å². The second-order valence-corrected chi connectivity index (χ2v) is 5.78. The summed E-state index contributed by atoms with van der Waals surface area (Å²) in [7, 11) is 0. The van der Waals surface area contributed by atoms with Gasteiger partial charge < -0.3 is 10.6 Å². The molecule has 16 heavy (non-hydrogen) atoms. The van der Waals surface area contributed by atoms with Crippen molar-refractivity contribution in [1.29, 1.82) is 0 Å². The first-order chi connectivity index (χ1) is 7.70. The fourth-order valence-corrected chi connectivity index (χ4v) is 2.71. The van der Waals surface area contributed by atoms with E-state index in [1.165, 1.54) is 35.1 Å². The molecule has 0 atom stereocenters. The number of rotatable bonds is 4. The Morgan fingerprint density at radius 1 is 1.44 bits per heavy atom. The van der Waals surface area contributed by atoms with Crippen molar-refractivity contribution in [3.8, 4) is 0 Å². The predicted molar refractivity (Wildman–Crippen MR) is 78.8 cm³/mol. The molecule has 1 fully saturated rings. The molecule has 88 valence electrons. The number of nitrogens with two attached hydrogens (primary N) is 1. The second-order valence-electron chi connectivity index (χ2n) is 4.54. The zero-order valence-corrected chi connectivity index (χ0v) is 11.9. The Morgan fingerprint density at radius 3 is 2.69 bits per heavy atom. The fourth-order valence-electron chi connectivity index (χ4n) is 2.20. The maximum atomic E-state index is 6.09. The van der Waals surface area contributed by atoms with Gasteiger partial charge in [0.2, 0.25) is 0 Å². The largest absolute Gasteiger partial charge is 0.397 e. The summed E-state index contributed by atoms with van der Waals surface area (Å²) in [5.41, 5.74) is 8.20. The molecule has 0 aliphatic heterocycles. The smallest absolute Gasteiger partial charge is 0.0600 e. The van der Waals surface area contributed by atoms with Crippen LogP contribution in [0.15, 0.2) is 18.2 Å². The van der Waals surface area contributed by atoms with Gasteiger partial charge in [0.15, 0.2) is 0 Å². The van der Waals surface area contributed by atoms with Crippen LogP contribution in [-0.2, 0) is 0 Å². The fraction of sp³-hybridized carbons (Fsp3) is 0.538. The van der Waals surface area contributed by atoms with Crippen LogP contribution in [0.2, 0.25) is 0 Å². The van der Waals surface area contributed by atoms with Crippen LogP contribution in [0.4, 0.5) is 11.4 Å². The standard InChI is InChI=1S/C13H19IN2/c1-2-16(9-10-4-3-5-10)13-7-6-11(14)8-12(13)15/h6-8,10H,2-5,9,15H2,1H3. The molecule has 0 aromatic heterocycles. The van der Waals surface area contributed by atoms with Gasteiger partial charge in [-0.3, -0.25) is 0 Å². The minimum Gasteiger partial charge on any atom is -0.397 e. The van der Waals surface area contributed by atoms with Gasteiger partial charge in [0.1, 0.15) is 0 Å². The van der Waals surface area contributed by atoms with Crippen molar-refractivity contribution in [2.24, 2.45) is 5.92 Å². The molecule has 0 bridgehead atoms. The first-order valence-corrected chi connectivity index (χ1v) is 7.08. The van der Waals surface area contributed by atoms with E-state index in [0.29, 0.717) is 0 Å². The molecule has 1 aliphatic carbocycles. The summed E-state index contributed by atoms with van der Waals surface area (Å²) in [6.45, 7) is 4.42. The maximum Gasteiger partial charge on any atom is 0.0600 e. The summed E-state index contributed by atoms with van der Waals surface area (Å²) in [5.74, 6) is 0.888. The summed E-state index contributed by atoms with van der Waals surface area (Å²) in [6.07, 6.45) is 4.19. The van der Waals surface area contributed by atoms with Gasteiger partial charge in [-0.25, -0.2) is 0 Å². The van der Waals surface area contributed by atoms with Crippen LogP contribution in [0.25, 0.3) is 0 Å². The number of nitrogens with zero attached hydrogens (tertiary/aromatic N) is 1. The summed E-state index contributed by atoms with van der Waals surface area (Å²) in [5, 5.41) is 0. The third-order valence-electron chi connectivity index (χ3n) is 3.42. The van der Waals surface area contributed by atoms with Crippen LogP contribution in [0.3, 0.4) is 0 Å². The van der Waals surface area contributed by atoms with Gasteiger partial charge in [0.05, 0.1) is 11.4 Å². The van der Waals surface area contributed by atoms with E-state index in [1.54, 1.807) is 0 Å². The van der Waals surface area contributed by atoms with Gasteiger partial charge in [0.25, 0.3) is 0 Å². The Morgan fingerprint density at radius 2 is 2.19 bits per heavy atom. The summed E-state index contributed by atoms with van der Waals surface area (Å²) in [6, 6.07) is 6.34. The van der Waals surface area contributed by atoms with Crippen LogP contribution >= 0.6 is 22.6 Å². The topological polar surface area (TPSA) is 29.3 Å². The minimum absolute atomic E-state index is 0.888. The first kappa shape index (κ1) is 12.0. The average molecular weight is 330 g/mol. The first-order valence-electron chi connectivity index (χ1n) is 6.00. The normalized spacial score (nSPS) is 15.9. The molecule has 0 spiro atoms. The Bertz CT molecular complexity index is 361. The molecular formula is C13H19IN2. The zero-order valence-electron chi connectivity index (χ0n) is 9.75. The molecule has 0 saturated heterocycles. The van der Waals surface area contributed by atoms with Crippen molar-refractivity contribution < 1.29 is 0 Å². The van der Waals surface area contributed by atoms with Gasteiger partial charge in [-0.2, -0.15) is 0 Å². The average Bonchev–Trinajstić information content (AvgIpc) is 2.18. The summed E-state index contributed by atoms with van der Waals surface area (Å²) >= 11 is 2.30. The predicted octanol–water partition coefficient (Wildman–Crippen LogP) is 3.50. The van der Waals surface area contributed by atoms with Crippen molar-refractivity contribution >= 4 is 34.0 Å². The molecule has 1 aliphatic rings. The van der Waals surface area contributed by atoms with Gasteiger partial charge >= 0.3 is 0 Å². The molecule has 0 unspecified atom stereocenters. The lowest BCUT2D eigenvalue weighted by atomic mass is 9.85. The van der Waals surface area contributed by atoms with Gasteiger partial charge in [-0.1, -0.05) is 6.42 Å². The lowest BCUT2D eigenvalue weighted by Gasteiger charge is -2.33. The molecule has 0 amide bonds. The van der Waals surface area contributed by atoms with Gasteiger partial charge in [-0.05, 0) is 66.5 Å². The van der Waals surface area contributed by atoms with Crippen molar-refractivity contribution in [3.05, 3.63) is 21.8 Å². The summed E-state index contributed by atoms with van der Waals surface area (Å²) < 4.78 is 1.21. The highest BCUT2D eigenvalue weighted by Gasteiger charge is 2.21. The second kappa shape index (κ2) is 5.25. The number of benzene rings is 1. The van der Waals surface area contributed by atoms with Crippen LogP contribution < -0.4 is 10.6 Å². The number of halogens is 1. The number of nitrogen functional groups attached to an aromatic ring is 1. The van der Waals surface area contributed by atoms with Crippen LogP contribution in [0, 0.1) is 9.49 Å². The zero-order chi connectivity index (χ0) is 11.5. The Balaban J connectivity index is 2.11. The van der Waals surface area contributed by atoms with E-state index < -0.39 is 0 Å². The molecule has 3 heteroatoms. The van der Waals surface area contributed by atoms with E-state index in [9.17, 15) is 0 Å². The highest BCUT2D eigenvalue weighted by atomic mass is 127. The molecule has 1 aromatic rings. The number of hydrogen-bond donors (Lipinski definition) is 1. The highest BCUT2D eigenvalue weighted by Crippen LogP contribution is 2.31. The lowest BCUT2D eigenvalue weighted by molar-refractivity contribution is 0.318. The van der Waals surface area contributed by atoms with Crippen molar-refractivity contribution in [2.45, 2.75) is 26.2 Å². The summed E-state index contributed by atoms with van der Waals surface area (Å²) in [4.78, 5) is 2.41. The molecule has 2 N–H and O–H groups in total. The molecule has 2 rings (SSSR count). The Kier molecular flexibility index (Phi) is 3.95. The van der Waals surface area contributed by atoms with E-state index in [-0.39, 0.29) is 0 Å². The maximum absolute atomic E-state index is 6.09. The number of hydrogen-bond acceptors (Lipinski definition) is 2. The molecule has 0 heterocycles. The monoisotopic (exact) mass is 330 g/mol. The van der Waals surface area contributed by atoms with Crippen LogP contribution in [-0.4, -0.2) is 13.1 Å². The highest BCUT2D eigenvalue weighted by molar-refractivity contribution is 14.1. The molecular weight excluding hydrogens is 311 g/mol. The van der Waals surface area contributed by atoms with E-state index in [1.807, 2.05) is 0 Å². The number of anilines is 2. The molecule has 1 aromatic carbocycles. The SMILES string of the molecule is CCN(CC1CCC1)c1ccc(I)cc1N. The van der Waals surface area contributed by atoms with Crippen molar-refractivity contribution in [3.63, 3.8) is 0 Å². The molecule has 2 nitrogen and oxygen atoms in total. The van der Waals surface area contributed by atoms with E-state index in [2.05, 4.69) is 52.6 Å². The van der Waals surface area contributed by atoms with E-state index in [4.69, 9.17) is 5.73 Å². The van der Waals surface area contributed by atoms with E-state index in [0.717, 1.165) is 18.2 Å². The molecule has 1 saturated carbocycles. The van der Waals surface area contributed by atoms with Crippen molar-refractivity contribution in [1.82, 2.24) is 0 Å². The van der Waals surface area contributed by atoms with E-state index >= 15 is 0 Å². The van der Waals surface area contributed by atoms with Crippen LogP contribution in [0.5, 0.6) is 0 Å². The van der Waals surface area contributed by atoms with Crippen molar-refractivity contribution in [2.75, 3.05) is 23.7 Å². The van der Waals surface area contributed by atoms with Gasteiger partial charge in [-0.15, -0.1) is 0 Å². The third kappa shape index (κ3) is 2.62. The minimum atomic E-state index is 0.888. The molecule has 0 radical (unpaired) electrons.